The molecule has 13 heavy (non-hydrogen) atoms. The van der Waals surface area contributed by atoms with Gasteiger partial charge in [0, 0.05) is 12.3 Å². The molecule has 0 radical (unpaired) electrons. The topological polar surface area (TPSA) is 21.3 Å². The number of hydrogen-bond donors (Lipinski definition) is 1. The molecule has 0 saturated carbocycles. The number of nitrogens with one attached hydrogen (secondary N) is 1. The Morgan fingerprint density at radius 1 is 1.46 bits per heavy atom. The normalized spacial score (nSPS) is 21.8. The van der Waals surface area contributed by atoms with Crippen LogP contribution in [0.5, 0.6) is 0 Å². The number of hydrogen-bond acceptors (Lipinski definition) is 2. The summed E-state index contributed by atoms with van der Waals surface area (Å²) < 4.78 is 5.30. The molecule has 1 unspecified atom stereocenters. The highest BCUT2D eigenvalue weighted by atomic mass is 16.5. The first-order chi connectivity index (χ1) is 6.34. The number of aryl methyl sites for hydroxylation is 1. The first kappa shape index (κ1) is 8.57. The molecule has 2 heteroatoms. The standard InChI is InChI=1S/C11H15NO/c1-9-3-2-4-10(7-9)12-11-5-6-13-8-11/h2-4,7,11-12H,5-6,8H2,1H3. The van der Waals surface area contributed by atoms with Crippen molar-refractivity contribution < 1.29 is 4.74 Å². The Morgan fingerprint density at radius 2 is 2.38 bits per heavy atom. The van der Waals surface area contributed by atoms with E-state index in [-0.39, 0.29) is 0 Å². The predicted molar refractivity (Wildman–Crippen MR) is 54.0 cm³/mol. The number of ether oxygens (including phenoxy) is 1. The van der Waals surface area contributed by atoms with Crippen LogP contribution in [-0.4, -0.2) is 19.3 Å². The van der Waals surface area contributed by atoms with Gasteiger partial charge in [0.05, 0.1) is 12.6 Å². The van der Waals surface area contributed by atoms with Gasteiger partial charge in [0.1, 0.15) is 0 Å². The monoisotopic (exact) mass is 177 g/mol. The van der Waals surface area contributed by atoms with Gasteiger partial charge < -0.3 is 10.1 Å². The Bertz CT molecular complexity index is 279. The zero-order chi connectivity index (χ0) is 9.10. The Hall–Kier alpha value is -1.02. The van der Waals surface area contributed by atoms with Crippen molar-refractivity contribution in [1.82, 2.24) is 0 Å². The van der Waals surface area contributed by atoms with Gasteiger partial charge in [-0.3, -0.25) is 0 Å². The molecule has 0 aliphatic carbocycles. The zero-order valence-electron chi connectivity index (χ0n) is 7.92. The highest BCUT2D eigenvalue weighted by Crippen LogP contribution is 2.14. The molecule has 1 aliphatic rings. The second-order valence-electron chi connectivity index (χ2n) is 3.57. The molecule has 1 heterocycles. The lowest BCUT2D eigenvalue weighted by atomic mass is 10.2. The van der Waals surface area contributed by atoms with E-state index < -0.39 is 0 Å². The SMILES string of the molecule is Cc1cccc(NC2CCOC2)c1. The number of rotatable bonds is 2. The van der Waals surface area contributed by atoms with Crippen molar-refractivity contribution in [3.8, 4) is 0 Å². The van der Waals surface area contributed by atoms with Crippen LogP contribution in [-0.2, 0) is 4.74 Å². The van der Waals surface area contributed by atoms with Gasteiger partial charge in [-0.15, -0.1) is 0 Å². The smallest absolute Gasteiger partial charge is 0.0668 e. The molecular weight excluding hydrogens is 162 g/mol. The zero-order valence-corrected chi connectivity index (χ0v) is 7.92. The summed E-state index contributed by atoms with van der Waals surface area (Å²) in [6, 6.07) is 8.95. The number of anilines is 1. The molecule has 1 aliphatic heterocycles. The lowest BCUT2D eigenvalue weighted by Crippen LogP contribution is -2.18. The predicted octanol–water partition coefficient (Wildman–Crippen LogP) is 2.20. The first-order valence-electron chi connectivity index (χ1n) is 4.75. The molecular formula is C11H15NO. The summed E-state index contributed by atoms with van der Waals surface area (Å²) in [5.41, 5.74) is 2.50. The second-order valence-corrected chi connectivity index (χ2v) is 3.57. The van der Waals surface area contributed by atoms with Gasteiger partial charge in [0.15, 0.2) is 0 Å². The van der Waals surface area contributed by atoms with Crippen LogP contribution in [0.15, 0.2) is 24.3 Å². The van der Waals surface area contributed by atoms with Crippen molar-refractivity contribution >= 4 is 5.69 Å². The molecule has 1 aromatic carbocycles. The van der Waals surface area contributed by atoms with Crippen molar-refractivity contribution in [2.45, 2.75) is 19.4 Å². The largest absolute Gasteiger partial charge is 0.380 e. The average Bonchev–Trinajstić information content (AvgIpc) is 2.57. The minimum absolute atomic E-state index is 0.502. The maximum Gasteiger partial charge on any atom is 0.0668 e. The molecule has 70 valence electrons. The highest BCUT2D eigenvalue weighted by Gasteiger charge is 2.14. The Morgan fingerprint density at radius 3 is 3.08 bits per heavy atom. The van der Waals surface area contributed by atoms with Crippen molar-refractivity contribution in [3.63, 3.8) is 0 Å². The lowest BCUT2D eigenvalue weighted by Gasteiger charge is -2.12. The molecule has 1 aromatic rings. The molecule has 2 nitrogen and oxygen atoms in total. The van der Waals surface area contributed by atoms with E-state index in [0.717, 1.165) is 19.6 Å². The fourth-order valence-electron chi connectivity index (χ4n) is 1.62. The summed E-state index contributed by atoms with van der Waals surface area (Å²) in [6.45, 7) is 3.84. The van der Waals surface area contributed by atoms with Crippen LogP contribution < -0.4 is 5.32 Å². The van der Waals surface area contributed by atoms with Crippen molar-refractivity contribution in [2.24, 2.45) is 0 Å². The minimum Gasteiger partial charge on any atom is -0.380 e. The van der Waals surface area contributed by atoms with Gasteiger partial charge in [-0.2, -0.15) is 0 Å². The van der Waals surface area contributed by atoms with Gasteiger partial charge in [-0.1, -0.05) is 12.1 Å². The van der Waals surface area contributed by atoms with Crippen LogP contribution in [0.2, 0.25) is 0 Å². The lowest BCUT2D eigenvalue weighted by molar-refractivity contribution is 0.195. The molecule has 0 bridgehead atoms. The quantitative estimate of drug-likeness (QED) is 0.747. The molecule has 0 spiro atoms. The maximum absolute atomic E-state index is 5.30. The van der Waals surface area contributed by atoms with E-state index >= 15 is 0 Å². The molecule has 1 N–H and O–H groups in total. The Labute approximate surface area is 78.9 Å². The van der Waals surface area contributed by atoms with Crippen LogP contribution in [0.1, 0.15) is 12.0 Å². The Kier molecular flexibility index (Phi) is 2.50. The van der Waals surface area contributed by atoms with E-state index in [9.17, 15) is 0 Å². The van der Waals surface area contributed by atoms with Gasteiger partial charge in [-0.25, -0.2) is 0 Å². The van der Waals surface area contributed by atoms with E-state index in [4.69, 9.17) is 4.74 Å². The second kappa shape index (κ2) is 3.79. The van der Waals surface area contributed by atoms with Crippen LogP contribution in [0.25, 0.3) is 0 Å². The highest BCUT2D eigenvalue weighted by molar-refractivity contribution is 5.46. The fraction of sp³-hybridized carbons (Fsp3) is 0.455. The van der Waals surface area contributed by atoms with Gasteiger partial charge in [-0.05, 0) is 31.0 Å². The summed E-state index contributed by atoms with van der Waals surface area (Å²) in [5, 5.41) is 3.46. The third-order valence-electron chi connectivity index (χ3n) is 2.32. The van der Waals surface area contributed by atoms with Crippen LogP contribution >= 0.6 is 0 Å². The maximum atomic E-state index is 5.30. The molecule has 0 amide bonds. The average molecular weight is 177 g/mol. The third kappa shape index (κ3) is 2.22. The van der Waals surface area contributed by atoms with E-state index in [1.807, 2.05) is 0 Å². The van der Waals surface area contributed by atoms with Crippen molar-refractivity contribution in [2.75, 3.05) is 18.5 Å². The summed E-state index contributed by atoms with van der Waals surface area (Å²) in [7, 11) is 0. The fourth-order valence-corrected chi connectivity index (χ4v) is 1.62. The molecule has 1 atom stereocenters. The summed E-state index contributed by atoms with van der Waals surface area (Å²) >= 11 is 0. The molecule has 2 rings (SSSR count). The summed E-state index contributed by atoms with van der Waals surface area (Å²) in [5.74, 6) is 0. The van der Waals surface area contributed by atoms with E-state index in [0.29, 0.717) is 6.04 Å². The first-order valence-corrected chi connectivity index (χ1v) is 4.75. The molecule has 1 saturated heterocycles. The summed E-state index contributed by atoms with van der Waals surface area (Å²) in [4.78, 5) is 0. The van der Waals surface area contributed by atoms with Crippen molar-refractivity contribution in [1.29, 1.82) is 0 Å². The Balaban J connectivity index is 2.00. The third-order valence-corrected chi connectivity index (χ3v) is 2.32. The number of benzene rings is 1. The molecule has 0 aromatic heterocycles. The van der Waals surface area contributed by atoms with Crippen molar-refractivity contribution in [3.05, 3.63) is 29.8 Å². The van der Waals surface area contributed by atoms with Gasteiger partial charge in [0.2, 0.25) is 0 Å². The minimum atomic E-state index is 0.502. The van der Waals surface area contributed by atoms with Gasteiger partial charge in [0.25, 0.3) is 0 Å². The summed E-state index contributed by atoms with van der Waals surface area (Å²) in [6.07, 6.45) is 1.12. The van der Waals surface area contributed by atoms with Gasteiger partial charge >= 0.3 is 0 Å². The van der Waals surface area contributed by atoms with E-state index in [2.05, 4.69) is 36.5 Å². The van der Waals surface area contributed by atoms with E-state index in [1.54, 1.807) is 0 Å². The molecule has 1 fully saturated rings. The van der Waals surface area contributed by atoms with Crippen LogP contribution in [0.4, 0.5) is 5.69 Å². The van der Waals surface area contributed by atoms with Crippen LogP contribution in [0.3, 0.4) is 0 Å². The van der Waals surface area contributed by atoms with E-state index in [1.165, 1.54) is 11.3 Å². The van der Waals surface area contributed by atoms with Crippen LogP contribution in [0, 0.1) is 6.92 Å².